The Morgan fingerprint density at radius 3 is 2.67 bits per heavy atom. The Balaban J connectivity index is 0.00000364. The van der Waals surface area contributed by atoms with Crippen molar-refractivity contribution in [3.05, 3.63) is 45.9 Å². The van der Waals surface area contributed by atoms with Crippen LogP contribution in [0.25, 0.3) is 0 Å². The largest absolute Gasteiger partial charge is 0.497 e. The van der Waals surface area contributed by atoms with Crippen LogP contribution in [0, 0.1) is 0 Å². The average molecular weight is 502 g/mol. The molecule has 1 heterocycles. The van der Waals surface area contributed by atoms with E-state index in [1.807, 2.05) is 18.3 Å². The van der Waals surface area contributed by atoms with Crippen molar-refractivity contribution in [2.45, 2.75) is 46.1 Å². The number of nitrogens with one attached hydrogen (secondary N) is 2. The van der Waals surface area contributed by atoms with Crippen molar-refractivity contribution in [1.82, 2.24) is 15.6 Å². The molecule has 0 saturated heterocycles. The number of hydrogen-bond donors (Lipinski definition) is 2. The van der Waals surface area contributed by atoms with Crippen LogP contribution in [0.5, 0.6) is 5.75 Å². The molecule has 0 atom stereocenters. The fraction of sp³-hybridized carbons (Fsp3) is 0.500. The fourth-order valence-electron chi connectivity index (χ4n) is 2.52. The molecule has 150 valence electrons. The van der Waals surface area contributed by atoms with E-state index in [-0.39, 0.29) is 29.4 Å². The number of guanidine groups is 1. The molecule has 1 aromatic carbocycles. The lowest BCUT2D eigenvalue weighted by Gasteiger charge is -2.27. The first-order chi connectivity index (χ1) is 12.5. The summed E-state index contributed by atoms with van der Waals surface area (Å²) in [4.78, 5) is 10.4. The zero-order chi connectivity index (χ0) is 19.0. The van der Waals surface area contributed by atoms with Crippen LogP contribution in [0.2, 0.25) is 0 Å². The molecule has 27 heavy (non-hydrogen) atoms. The highest BCUT2D eigenvalue weighted by Gasteiger charge is 2.21. The Bertz CT molecular complexity index is 730. The Labute approximate surface area is 184 Å². The second kappa shape index (κ2) is 11.5. The quantitative estimate of drug-likeness (QED) is 0.320. The number of ether oxygens (including phenoxy) is 1. The molecule has 0 aliphatic heterocycles. The number of nitrogens with zero attached hydrogens (tertiary/aromatic N) is 2. The number of hydrogen-bond acceptors (Lipinski definition) is 4. The van der Waals surface area contributed by atoms with E-state index in [1.54, 1.807) is 18.4 Å². The molecule has 0 fully saturated rings. The van der Waals surface area contributed by atoms with E-state index < -0.39 is 0 Å². The van der Waals surface area contributed by atoms with Crippen LogP contribution < -0.4 is 15.4 Å². The van der Waals surface area contributed by atoms with Crippen molar-refractivity contribution in [3.63, 3.8) is 0 Å². The minimum Gasteiger partial charge on any atom is -0.497 e. The smallest absolute Gasteiger partial charge is 0.191 e. The van der Waals surface area contributed by atoms with Crippen LogP contribution in [0.15, 0.2) is 35.5 Å². The molecule has 0 unspecified atom stereocenters. The highest BCUT2D eigenvalue weighted by Crippen LogP contribution is 2.25. The van der Waals surface area contributed by atoms with Gasteiger partial charge in [0.15, 0.2) is 5.96 Å². The van der Waals surface area contributed by atoms with E-state index in [4.69, 9.17) is 4.74 Å². The molecule has 2 rings (SSSR count). The maximum atomic E-state index is 5.35. The lowest BCUT2D eigenvalue weighted by atomic mass is 9.84. The van der Waals surface area contributed by atoms with Gasteiger partial charge in [-0.2, -0.15) is 0 Å². The van der Waals surface area contributed by atoms with E-state index in [0.29, 0.717) is 6.54 Å². The Morgan fingerprint density at radius 1 is 1.26 bits per heavy atom. The summed E-state index contributed by atoms with van der Waals surface area (Å²) in [7, 11) is 1.70. The summed E-state index contributed by atoms with van der Waals surface area (Å²) in [6.07, 6.45) is 2.97. The van der Waals surface area contributed by atoms with Crippen LogP contribution in [-0.2, 0) is 18.4 Å². The van der Waals surface area contributed by atoms with Crippen molar-refractivity contribution < 1.29 is 4.74 Å². The van der Waals surface area contributed by atoms with Crippen LogP contribution in [0.3, 0.4) is 0 Å². The normalized spacial score (nSPS) is 11.7. The van der Waals surface area contributed by atoms with E-state index in [0.717, 1.165) is 36.2 Å². The first-order valence-electron chi connectivity index (χ1n) is 9.08. The topological polar surface area (TPSA) is 58.5 Å². The van der Waals surface area contributed by atoms with E-state index >= 15 is 0 Å². The third-order valence-electron chi connectivity index (χ3n) is 4.22. The van der Waals surface area contributed by atoms with E-state index in [2.05, 4.69) is 60.4 Å². The van der Waals surface area contributed by atoms with Gasteiger partial charge in [0.25, 0.3) is 0 Å². The van der Waals surface area contributed by atoms with Gasteiger partial charge in [-0.3, -0.25) is 0 Å². The summed E-state index contributed by atoms with van der Waals surface area (Å²) in [5, 5.41) is 7.82. The third-order valence-corrected chi connectivity index (χ3v) is 5.34. The molecule has 1 aromatic heterocycles. The molecule has 2 aromatic rings. The van der Waals surface area contributed by atoms with Crippen molar-refractivity contribution in [3.8, 4) is 5.75 Å². The molecule has 0 aliphatic rings. The first-order valence-corrected chi connectivity index (χ1v) is 9.90. The number of aryl methyl sites for hydroxylation is 1. The summed E-state index contributed by atoms with van der Waals surface area (Å²) < 4.78 is 5.35. The van der Waals surface area contributed by atoms with Gasteiger partial charge < -0.3 is 15.4 Å². The predicted molar refractivity (Wildman–Crippen MR) is 126 cm³/mol. The highest BCUT2D eigenvalue weighted by molar-refractivity contribution is 14.0. The summed E-state index contributed by atoms with van der Waals surface area (Å²) >= 11 is 1.73. The van der Waals surface area contributed by atoms with Crippen molar-refractivity contribution in [2.24, 2.45) is 4.99 Å². The van der Waals surface area contributed by atoms with Gasteiger partial charge in [-0.1, -0.05) is 32.9 Å². The van der Waals surface area contributed by atoms with Gasteiger partial charge >= 0.3 is 0 Å². The molecule has 0 bridgehead atoms. The van der Waals surface area contributed by atoms with Crippen LogP contribution in [-0.4, -0.2) is 31.1 Å². The van der Waals surface area contributed by atoms with Gasteiger partial charge in [0, 0.05) is 29.6 Å². The van der Waals surface area contributed by atoms with Gasteiger partial charge in [0.1, 0.15) is 10.8 Å². The van der Waals surface area contributed by atoms with Gasteiger partial charge in [-0.25, -0.2) is 9.98 Å². The van der Waals surface area contributed by atoms with Gasteiger partial charge in [0.2, 0.25) is 0 Å². The Hall–Kier alpha value is -1.35. The minimum absolute atomic E-state index is 0. The number of benzene rings is 1. The lowest BCUT2D eigenvalue weighted by Crippen LogP contribution is -2.43. The minimum atomic E-state index is -0.0543. The van der Waals surface area contributed by atoms with E-state index in [1.165, 1.54) is 10.4 Å². The van der Waals surface area contributed by atoms with Gasteiger partial charge in [-0.15, -0.1) is 35.3 Å². The standard InChI is InChI=1S/C20H30N4OS.HI/c1-6-17-12-22-18(26-17)13-23-19(21-7-2)24-14-20(3,4)15-9-8-10-16(11-15)25-5;/h8-12H,6-7,13-14H2,1-5H3,(H2,21,23,24);1H. The molecule has 0 aliphatic carbocycles. The van der Waals surface area contributed by atoms with Crippen LogP contribution in [0.4, 0.5) is 0 Å². The summed E-state index contributed by atoms with van der Waals surface area (Å²) in [6, 6.07) is 8.23. The fourth-order valence-corrected chi connectivity index (χ4v) is 3.31. The van der Waals surface area contributed by atoms with Crippen LogP contribution in [0.1, 0.15) is 43.1 Å². The number of thiazole rings is 1. The molecule has 0 amide bonds. The summed E-state index contributed by atoms with van der Waals surface area (Å²) in [5.74, 6) is 1.70. The Morgan fingerprint density at radius 2 is 2.04 bits per heavy atom. The number of halogens is 1. The molecule has 0 saturated carbocycles. The van der Waals surface area contributed by atoms with Crippen molar-refractivity contribution >= 4 is 41.3 Å². The molecule has 0 radical (unpaired) electrons. The summed E-state index contributed by atoms with van der Waals surface area (Å²) in [5.41, 5.74) is 1.18. The number of methoxy groups -OCH3 is 1. The molecule has 7 heteroatoms. The number of aromatic nitrogens is 1. The molecule has 0 spiro atoms. The second-order valence-electron chi connectivity index (χ2n) is 6.74. The molecular formula is C20H31IN4OS. The zero-order valence-electron chi connectivity index (χ0n) is 16.8. The second-order valence-corrected chi connectivity index (χ2v) is 7.94. The van der Waals surface area contributed by atoms with Crippen LogP contribution >= 0.6 is 35.3 Å². The SMILES string of the molecule is CCNC(=NCc1ncc(CC)s1)NCC(C)(C)c1cccc(OC)c1.I. The monoisotopic (exact) mass is 502 g/mol. The highest BCUT2D eigenvalue weighted by atomic mass is 127. The van der Waals surface area contributed by atoms with Gasteiger partial charge in [-0.05, 0) is 31.0 Å². The van der Waals surface area contributed by atoms with Gasteiger partial charge in [0.05, 0.1) is 13.7 Å². The predicted octanol–water partition coefficient (Wildman–Crippen LogP) is 4.37. The Kier molecular flexibility index (Phi) is 10.1. The molecule has 5 nitrogen and oxygen atoms in total. The number of aliphatic imine (C=N–C) groups is 1. The first kappa shape index (κ1) is 23.7. The zero-order valence-corrected chi connectivity index (χ0v) is 20.0. The molecule has 2 N–H and O–H groups in total. The average Bonchev–Trinajstić information content (AvgIpc) is 3.12. The van der Waals surface area contributed by atoms with Crippen molar-refractivity contribution in [2.75, 3.05) is 20.2 Å². The molecular weight excluding hydrogens is 471 g/mol. The maximum absolute atomic E-state index is 5.35. The summed E-state index contributed by atoms with van der Waals surface area (Å²) in [6.45, 7) is 10.8. The number of rotatable bonds is 8. The van der Waals surface area contributed by atoms with Crippen molar-refractivity contribution in [1.29, 1.82) is 0 Å². The lowest BCUT2D eigenvalue weighted by molar-refractivity contribution is 0.411. The maximum Gasteiger partial charge on any atom is 0.191 e. The third kappa shape index (κ3) is 7.29. The van der Waals surface area contributed by atoms with E-state index in [9.17, 15) is 0 Å².